The first kappa shape index (κ1) is 16.6. The number of carbonyl (C=O) groups excluding carboxylic acids is 1. The molecule has 0 unspecified atom stereocenters. The van der Waals surface area contributed by atoms with Crippen molar-refractivity contribution in [2.45, 2.75) is 20.3 Å². The highest BCUT2D eigenvalue weighted by molar-refractivity contribution is 5.94. The topological polar surface area (TPSA) is 50.2 Å². The molecule has 2 heterocycles. The van der Waals surface area contributed by atoms with Gasteiger partial charge in [-0.15, -0.1) is 0 Å². The number of aryl methyl sites for hydroxylation is 2. The van der Waals surface area contributed by atoms with Crippen molar-refractivity contribution in [1.29, 1.82) is 0 Å². The van der Waals surface area contributed by atoms with Crippen molar-refractivity contribution in [3.63, 3.8) is 0 Å². The molecule has 0 spiro atoms. The standard InChI is InChI=1S/C18H23FN4O/c1-12-8-13(2)23(21-12)17-5-4-15(9-16(17)19)18(24)22-7-6-14(11-22)10-20-3/h4-5,8-9,14,20H,6-7,10-11H2,1-3H3/t14-/m0/s1. The van der Waals surface area contributed by atoms with Crippen LogP contribution >= 0.6 is 0 Å². The Hall–Kier alpha value is -2.21. The molecule has 2 aromatic rings. The fourth-order valence-corrected chi connectivity index (χ4v) is 3.34. The highest BCUT2D eigenvalue weighted by Crippen LogP contribution is 2.21. The molecule has 1 aliphatic rings. The van der Waals surface area contributed by atoms with Crippen LogP contribution in [-0.4, -0.2) is 47.3 Å². The van der Waals surface area contributed by atoms with Gasteiger partial charge < -0.3 is 10.2 Å². The Morgan fingerprint density at radius 2 is 2.17 bits per heavy atom. The van der Waals surface area contributed by atoms with Crippen LogP contribution in [-0.2, 0) is 0 Å². The van der Waals surface area contributed by atoms with Crippen LogP contribution < -0.4 is 5.32 Å². The average Bonchev–Trinajstić information content (AvgIpc) is 3.13. The molecule has 0 aliphatic carbocycles. The molecule has 1 aromatic carbocycles. The summed E-state index contributed by atoms with van der Waals surface area (Å²) in [4.78, 5) is 14.4. The number of nitrogens with one attached hydrogen (secondary N) is 1. The van der Waals surface area contributed by atoms with Crippen LogP contribution in [0.25, 0.3) is 5.69 Å². The first-order chi connectivity index (χ1) is 11.5. The molecule has 128 valence electrons. The van der Waals surface area contributed by atoms with Gasteiger partial charge in [-0.1, -0.05) is 0 Å². The molecule has 1 fully saturated rings. The second-order valence-electron chi connectivity index (χ2n) is 6.47. The summed E-state index contributed by atoms with van der Waals surface area (Å²) >= 11 is 0. The fourth-order valence-electron chi connectivity index (χ4n) is 3.34. The molecule has 1 N–H and O–H groups in total. The van der Waals surface area contributed by atoms with Crippen molar-refractivity contribution in [2.75, 3.05) is 26.7 Å². The quantitative estimate of drug-likeness (QED) is 0.936. The molecule has 24 heavy (non-hydrogen) atoms. The van der Waals surface area contributed by atoms with Crippen LogP contribution in [0.3, 0.4) is 0 Å². The molecular formula is C18H23FN4O. The van der Waals surface area contributed by atoms with Crippen molar-refractivity contribution in [2.24, 2.45) is 5.92 Å². The third kappa shape index (κ3) is 3.19. The summed E-state index contributed by atoms with van der Waals surface area (Å²) in [5, 5.41) is 7.44. The molecule has 1 amide bonds. The first-order valence-electron chi connectivity index (χ1n) is 8.26. The summed E-state index contributed by atoms with van der Waals surface area (Å²) in [7, 11) is 1.91. The lowest BCUT2D eigenvalue weighted by Gasteiger charge is -2.17. The number of rotatable bonds is 4. The first-order valence-corrected chi connectivity index (χ1v) is 8.26. The number of likely N-dealkylation sites (tertiary alicyclic amines) is 1. The number of aromatic nitrogens is 2. The number of hydrogen-bond acceptors (Lipinski definition) is 3. The van der Waals surface area contributed by atoms with Gasteiger partial charge in [0.1, 0.15) is 11.5 Å². The Morgan fingerprint density at radius 1 is 1.38 bits per heavy atom. The predicted octanol–water partition coefficient (Wildman–Crippen LogP) is 2.31. The van der Waals surface area contributed by atoms with Gasteiger partial charge in [0.15, 0.2) is 0 Å². The van der Waals surface area contributed by atoms with Crippen molar-refractivity contribution in [3.05, 3.63) is 47.0 Å². The average molecular weight is 330 g/mol. The maximum Gasteiger partial charge on any atom is 0.253 e. The minimum Gasteiger partial charge on any atom is -0.338 e. The van der Waals surface area contributed by atoms with E-state index < -0.39 is 5.82 Å². The van der Waals surface area contributed by atoms with Crippen LogP contribution in [0, 0.1) is 25.6 Å². The van der Waals surface area contributed by atoms with Crippen molar-refractivity contribution < 1.29 is 9.18 Å². The molecule has 1 aromatic heterocycles. The number of hydrogen-bond donors (Lipinski definition) is 1. The van der Waals surface area contributed by atoms with Crippen molar-refractivity contribution >= 4 is 5.91 Å². The Kier molecular flexibility index (Phi) is 4.66. The second-order valence-corrected chi connectivity index (χ2v) is 6.47. The number of carbonyl (C=O) groups is 1. The maximum absolute atomic E-state index is 14.5. The van der Waals surface area contributed by atoms with Gasteiger partial charge in [0, 0.05) is 24.3 Å². The summed E-state index contributed by atoms with van der Waals surface area (Å²) < 4.78 is 16.1. The van der Waals surface area contributed by atoms with E-state index in [0.29, 0.717) is 17.2 Å². The maximum atomic E-state index is 14.5. The van der Waals surface area contributed by atoms with Crippen molar-refractivity contribution in [3.8, 4) is 5.69 Å². The van der Waals surface area contributed by atoms with Crippen LogP contribution in [0.5, 0.6) is 0 Å². The van der Waals surface area contributed by atoms with Gasteiger partial charge in [0.2, 0.25) is 0 Å². The lowest BCUT2D eigenvalue weighted by molar-refractivity contribution is 0.0786. The van der Waals surface area contributed by atoms with Crippen LogP contribution in [0.2, 0.25) is 0 Å². The SMILES string of the molecule is CNC[C@@H]1CCN(C(=O)c2ccc(-n3nc(C)cc3C)c(F)c2)C1. The lowest BCUT2D eigenvalue weighted by Crippen LogP contribution is -2.30. The van der Waals surface area contributed by atoms with E-state index in [-0.39, 0.29) is 5.91 Å². The second kappa shape index (κ2) is 6.73. The summed E-state index contributed by atoms with van der Waals surface area (Å²) in [5.74, 6) is -0.0665. The van der Waals surface area contributed by atoms with E-state index in [1.54, 1.807) is 21.7 Å². The zero-order valence-electron chi connectivity index (χ0n) is 14.3. The van der Waals surface area contributed by atoms with E-state index in [4.69, 9.17) is 0 Å². The highest BCUT2D eigenvalue weighted by atomic mass is 19.1. The van der Waals surface area contributed by atoms with Gasteiger partial charge in [-0.2, -0.15) is 5.10 Å². The van der Waals surface area contributed by atoms with Gasteiger partial charge in [0.25, 0.3) is 5.91 Å². The Balaban J connectivity index is 1.80. The van der Waals surface area contributed by atoms with E-state index in [1.165, 1.54) is 6.07 Å². The van der Waals surface area contributed by atoms with Gasteiger partial charge >= 0.3 is 0 Å². The van der Waals surface area contributed by atoms with E-state index in [1.807, 2.05) is 27.0 Å². The molecular weight excluding hydrogens is 307 g/mol. The number of amides is 1. The van der Waals surface area contributed by atoms with E-state index in [9.17, 15) is 9.18 Å². The monoisotopic (exact) mass is 330 g/mol. The molecule has 0 saturated carbocycles. The Labute approximate surface area is 141 Å². The molecule has 3 rings (SSSR count). The molecule has 6 heteroatoms. The highest BCUT2D eigenvalue weighted by Gasteiger charge is 2.27. The molecule has 0 radical (unpaired) electrons. The summed E-state index contributed by atoms with van der Waals surface area (Å²) in [5.41, 5.74) is 2.45. The normalized spacial score (nSPS) is 17.5. The number of benzene rings is 1. The summed E-state index contributed by atoms with van der Waals surface area (Å²) in [6, 6.07) is 6.52. The molecule has 1 atom stereocenters. The van der Waals surface area contributed by atoms with Crippen LogP contribution in [0.15, 0.2) is 24.3 Å². The molecule has 0 bridgehead atoms. The Morgan fingerprint density at radius 3 is 2.79 bits per heavy atom. The third-order valence-electron chi connectivity index (χ3n) is 4.50. The zero-order valence-corrected chi connectivity index (χ0v) is 14.3. The van der Waals surface area contributed by atoms with Crippen LogP contribution in [0.4, 0.5) is 4.39 Å². The molecule has 5 nitrogen and oxygen atoms in total. The zero-order chi connectivity index (χ0) is 17.3. The molecule has 1 aliphatic heterocycles. The van der Waals surface area contributed by atoms with E-state index in [0.717, 1.165) is 37.4 Å². The van der Waals surface area contributed by atoms with Crippen molar-refractivity contribution in [1.82, 2.24) is 20.0 Å². The number of nitrogens with zero attached hydrogens (tertiary/aromatic N) is 3. The van der Waals surface area contributed by atoms with Gasteiger partial charge in [-0.25, -0.2) is 9.07 Å². The smallest absolute Gasteiger partial charge is 0.253 e. The van der Waals surface area contributed by atoms with E-state index in [2.05, 4.69) is 10.4 Å². The third-order valence-corrected chi connectivity index (χ3v) is 4.50. The van der Waals surface area contributed by atoms with Gasteiger partial charge in [-0.3, -0.25) is 4.79 Å². The van der Waals surface area contributed by atoms with Crippen LogP contribution in [0.1, 0.15) is 28.2 Å². The molecule has 1 saturated heterocycles. The minimum atomic E-state index is -0.432. The summed E-state index contributed by atoms with van der Waals surface area (Å²) in [6.45, 7) is 6.10. The largest absolute Gasteiger partial charge is 0.338 e. The predicted molar refractivity (Wildman–Crippen MR) is 90.9 cm³/mol. The van der Waals surface area contributed by atoms with Gasteiger partial charge in [-0.05, 0) is 64.0 Å². The minimum absolute atomic E-state index is 0.104. The fraction of sp³-hybridized carbons (Fsp3) is 0.444. The number of halogens is 1. The summed E-state index contributed by atoms with van der Waals surface area (Å²) in [6.07, 6.45) is 0.985. The Bertz CT molecular complexity index is 755. The lowest BCUT2D eigenvalue weighted by atomic mass is 10.1. The van der Waals surface area contributed by atoms with E-state index >= 15 is 0 Å². The van der Waals surface area contributed by atoms with Gasteiger partial charge in [0.05, 0.1) is 5.69 Å².